The van der Waals surface area contributed by atoms with Gasteiger partial charge in [-0.05, 0) is 18.1 Å². The van der Waals surface area contributed by atoms with Crippen LogP contribution in [0.15, 0.2) is 30.5 Å². The summed E-state index contributed by atoms with van der Waals surface area (Å²) in [4.78, 5) is 0. The van der Waals surface area contributed by atoms with Crippen LogP contribution >= 0.6 is 0 Å². The third kappa shape index (κ3) is 1.89. The molecule has 0 unspecified atom stereocenters. The topological polar surface area (TPSA) is 67.6 Å². The molecule has 0 aliphatic rings. The predicted molar refractivity (Wildman–Crippen MR) is 61.6 cm³/mol. The van der Waals surface area contributed by atoms with Crippen molar-refractivity contribution >= 4 is 5.82 Å². The highest BCUT2D eigenvalue weighted by molar-refractivity contribution is 5.46. The highest BCUT2D eigenvalue weighted by Gasteiger charge is 2.05. The number of nitriles is 1. The average Bonchev–Trinajstić information content (AvgIpc) is 2.62. The van der Waals surface area contributed by atoms with Crippen LogP contribution in [0, 0.1) is 18.3 Å². The molecule has 1 aromatic heterocycles. The molecule has 0 aliphatic heterocycles. The SMILES string of the molecule is Cc1ccccc1Cn1cc(C#N)c(N)n1. The van der Waals surface area contributed by atoms with Crippen molar-refractivity contribution < 1.29 is 0 Å². The molecule has 4 heteroatoms. The molecule has 2 rings (SSSR count). The summed E-state index contributed by atoms with van der Waals surface area (Å²) < 4.78 is 1.69. The van der Waals surface area contributed by atoms with Crippen molar-refractivity contribution in [3.63, 3.8) is 0 Å². The average molecular weight is 212 g/mol. The fourth-order valence-corrected chi connectivity index (χ4v) is 1.57. The van der Waals surface area contributed by atoms with E-state index in [9.17, 15) is 0 Å². The van der Waals surface area contributed by atoms with Gasteiger partial charge < -0.3 is 5.73 Å². The van der Waals surface area contributed by atoms with Gasteiger partial charge in [-0.3, -0.25) is 4.68 Å². The molecule has 0 atom stereocenters. The molecule has 2 N–H and O–H groups in total. The summed E-state index contributed by atoms with van der Waals surface area (Å²) in [6, 6.07) is 10.1. The molecule has 1 aromatic carbocycles. The number of benzene rings is 1. The molecule has 80 valence electrons. The van der Waals surface area contributed by atoms with Gasteiger partial charge in [0.2, 0.25) is 0 Å². The Labute approximate surface area is 93.9 Å². The van der Waals surface area contributed by atoms with E-state index >= 15 is 0 Å². The lowest BCUT2D eigenvalue weighted by molar-refractivity contribution is 0.687. The summed E-state index contributed by atoms with van der Waals surface area (Å²) >= 11 is 0. The minimum Gasteiger partial charge on any atom is -0.381 e. The van der Waals surface area contributed by atoms with Crippen LogP contribution in [-0.2, 0) is 6.54 Å². The molecule has 0 spiro atoms. The van der Waals surface area contributed by atoms with Crippen molar-refractivity contribution in [1.82, 2.24) is 9.78 Å². The Morgan fingerprint density at radius 2 is 2.19 bits per heavy atom. The van der Waals surface area contributed by atoms with Gasteiger partial charge in [0.25, 0.3) is 0 Å². The first-order chi connectivity index (χ1) is 7.70. The summed E-state index contributed by atoms with van der Waals surface area (Å²) in [5, 5.41) is 12.9. The van der Waals surface area contributed by atoms with Gasteiger partial charge in [0.1, 0.15) is 11.6 Å². The standard InChI is InChI=1S/C12H12N4/c1-9-4-2-3-5-10(9)7-16-8-11(6-13)12(14)15-16/h2-5,8H,7H2,1H3,(H2,14,15). The highest BCUT2D eigenvalue weighted by atomic mass is 15.3. The van der Waals surface area contributed by atoms with Crippen LogP contribution in [0.4, 0.5) is 5.82 Å². The number of rotatable bonds is 2. The second-order valence-electron chi connectivity index (χ2n) is 3.66. The first-order valence-electron chi connectivity index (χ1n) is 4.98. The Morgan fingerprint density at radius 3 is 2.81 bits per heavy atom. The molecule has 1 heterocycles. The zero-order valence-corrected chi connectivity index (χ0v) is 9.01. The Kier molecular flexibility index (Phi) is 2.61. The molecule has 0 aliphatic carbocycles. The molecule has 0 amide bonds. The van der Waals surface area contributed by atoms with Gasteiger partial charge in [-0.25, -0.2) is 0 Å². The zero-order chi connectivity index (χ0) is 11.5. The van der Waals surface area contributed by atoms with Crippen LogP contribution < -0.4 is 5.73 Å². The second-order valence-corrected chi connectivity index (χ2v) is 3.66. The number of nitrogens with zero attached hydrogens (tertiary/aromatic N) is 3. The van der Waals surface area contributed by atoms with E-state index in [0.717, 1.165) is 0 Å². The lowest BCUT2D eigenvalue weighted by Gasteiger charge is -2.04. The largest absolute Gasteiger partial charge is 0.381 e. The van der Waals surface area contributed by atoms with E-state index in [-0.39, 0.29) is 5.82 Å². The van der Waals surface area contributed by atoms with E-state index < -0.39 is 0 Å². The van der Waals surface area contributed by atoms with E-state index in [0.29, 0.717) is 12.1 Å². The van der Waals surface area contributed by atoms with Gasteiger partial charge in [0, 0.05) is 6.20 Å². The molecular weight excluding hydrogens is 200 g/mol. The minimum absolute atomic E-state index is 0.288. The third-order valence-electron chi connectivity index (χ3n) is 2.50. The first-order valence-corrected chi connectivity index (χ1v) is 4.98. The van der Waals surface area contributed by atoms with E-state index in [1.165, 1.54) is 11.1 Å². The number of hydrogen-bond acceptors (Lipinski definition) is 3. The van der Waals surface area contributed by atoms with Crippen LogP contribution in [0.25, 0.3) is 0 Å². The highest BCUT2D eigenvalue weighted by Crippen LogP contribution is 2.12. The quantitative estimate of drug-likeness (QED) is 0.823. The zero-order valence-electron chi connectivity index (χ0n) is 9.01. The van der Waals surface area contributed by atoms with Crippen molar-refractivity contribution in [2.24, 2.45) is 0 Å². The van der Waals surface area contributed by atoms with Crippen LogP contribution in [0.3, 0.4) is 0 Å². The molecule has 2 aromatic rings. The van der Waals surface area contributed by atoms with E-state index in [1.54, 1.807) is 10.9 Å². The van der Waals surface area contributed by atoms with Gasteiger partial charge in [-0.15, -0.1) is 0 Å². The molecular formula is C12H12N4. The fraction of sp³-hybridized carbons (Fsp3) is 0.167. The fourth-order valence-electron chi connectivity index (χ4n) is 1.57. The number of aromatic nitrogens is 2. The molecule has 16 heavy (non-hydrogen) atoms. The summed E-state index contributed by atoms with van der Waals surface area (Å²) in [6.45, 7) is 2.69. The van der Waals surface area contributed by atoms with E-state index in [1.807, 2.05) is 37.3 Å². The number of anilines is 1. The number of nitrogens with two attached hydrogens (primary N) is 1. The van der Waals surface area contributed by atoms with Crippen LogP contribution in [0.2, 0.25) is 0 Å². The van der Waals surface area contributed by atoms with Gasteiger partial charge >= 0.3 is 0 Å². The number of aryl methyl sites for hydroxylation is 1. The van der Waals surface area contributed by atoms with Crippen LogP contribution in [0.1, 0.15) is 16.7 Å². The number of hydrogen-bond donors (Lipinski definition) is 1. The summed E-state index contributed by atoms with van der Waals surface area (Å²) in [6.07, 6.45) is 1.67. The van der Waals surface area contributed by atoms with Crippen molar-refractivity contribution in [2.45, 2.75) is 13.5 Å². The lowest BCUT2D eigenvalue weighted by atomic mass is 10.1. The molecule has 0 saturated heterocycles. The third-order valence-corrected chi connectivity index (χ3v) is 2.50. The van der Waals surface area contributed by atoms with E-state index in [2.05, 4.69) is 5.10 Å². The number of nitrogen functional groups attached to an aromatic ring is 1. The summed E-state index contributed by atoms with van der Waals surface area (Å²) in [5.74, 6) is 0.288. The second kappa shape index (κ2) is 4.07. The summed E-state index contributed by atoms with van der Waals surface area (Å²) in [7, 11) is 0. The van der Waals surface area contributed by atoms with Gasteiger partial charge in [-0.2, -0.15) is 10.4 Å². The molecule has 0 radical (unpaired) electrons. The van der Waals surface area contributed by atoms with Gasteiger partial charge in [0.05, 0.1) is 6.54 Å². The molecule has 0 fully saturated rings. The monoisotopic (exact) mass is 212 g/mol. The van der Waals surface area contributed by atoms with Crippen molar-refractivity contribution in [3.8, 4) is 6.07 Å². The predicted octanol–water partition coefficient (Wildman–Crippen LogP) is 1.69. The lowest BCUT2D eigenvalue weighted by Crippen LogP contribution is -2.02. The maximum absolute atomic E-state index is 8.77. The molecule has 0 bridgehead atoms. The van der Waals surface area contributed by atoms with Crippen LogP contribution in [-0.4, -0.2) is 9.78 Å². The first kappa shape index (κ1) is 10.2. The van der Waals surface area contributed by atoms with Gasteiger partial charge in [-0.1, -0.05) is 24.3 Å². The van der Waals surface area contributed by atoms with Crippen molar-refractivity contribution in [1.29, 1.82) is 5.26 Å². The Bertz CT molecular complexity index is 548. The maximum Gasteiger partial charge on any atom is 0.163 e. The molecule has 4 nitrogen and oxygen atoms in total. The minimum atomic E-state index is 0.288. The smallest absolute Gasteiger partial charge is 0.163 e. The Morgan fingerprint density at radius 1 is 1.44 bits per heavy atom. The Hall–Kier alpha value is -2.28. The van der Waals surface area contributed by atoms with E-state index in [4.69, 9.17) is 11.0 Å². The van der Waals surface area contributed by atoms with Crippen LogP contribution in [0.5, 0.6) is 0 Å². The molecule has 0 saturated carbocycles. The van der Waals surface area contributed by atoms with Gasteiger partial charge in [0.15, 0.2) is 5.82 Å². The normalized spacial score (nSPS) is 10.0. The van der Waals surface area contributed by atoms with Crippen molar-refractivity contribution in [3.05, 3.63) is 47.2 Å². The summed E-state index contributed by atoms with van der Waals surface area (Å²) in [5.41, 5.74) is 8.39. The Balaban J connectivity index is 2.28. The van der Waals surface area contributed by atoms with Crippen molar-refractivity contribution in [2.75, 3.05) is 5.73 Å². The maximum atomic E-state index is 8.77.